The lowest BCUT2D eigenvalue weighted by Gasteiger charge is -2.03. The summed E-state index contributed by atoms with van der Waals surface area (Å²) in [5, 5.41) is 3.81. The number of rotatable bonds is 2. The molecule has 1 rings (SSSR count). The van der Waals surface area contributed by atoms with Crippen molar-refractivity contribution < 1.29 is 9.53 Å². The van der Waals surface area contributed by atoms with E-state index in [0.29, 0.717) is 13.0 Å². The highest BCUT2D eigenvalue weighted by Crippen LogP contribution is 2.07. The molecular formula is C6H10NO2. The second-order valence-corrected chi connectivity index (χ2v) is 2.17. The number of carbonyl (C=O) groups excluding carboxylic acids is 1. The Labute approximate surface area is 54.4 Å². The van der Waals surface area contributed by atoms with Crippen molar-refractivity contribution in [2.75, 3.05) is 13.7 Å². The fraction of sp³-hybridized carbons (Fsp3) is 0.833. The van der Waals surface area contributed by atoms with Gasteiger partial charge in [-0.1, -0.05) is 0 Å². The van der Waals surface area contributed by atoms with Crippen LogP contribution in [0.2, 0.25) is 0 Å². The Morgan fingerprint density at radius 3 is 3.11 bits per heavy atom. The molecule has 1 amide bonds. The summed E-state index contributed by atoms with van der Waals surface area (Å²) in [4.78, 5) is 10.5. The molecule has 1 unspecified atom stereocenters. The van der Waals surface area contributed by atoms with Crippen LogP contribution in [0.3, 0.4) is 0 Å². The van der Waals surface area contributed by atoms with Crippen LogP contribution in [0.15, 0.2) is 0 Å². The van der Waals surface area contributed by atoms with Crippen LogP contribution in [-0.4, -0.2) is 25.7 Å². The van der Waals surface area contributed by atoms with E-state index in [1.807, 2.05) is 0 Å². The average Bonchev–Trinajstić information content (AvgIpc) is 2.17. The maximum Gasteiger partial charge on any atom is 0.241 e. The van der Waals surface area contributed by atoms with Crippen molar-refractivity contribution in [3.05, 3.63) is 0 Å². The first-order valence-electron chi connectivity index (χ1n) is 3.05. The molecule has 1 aliphatic rings. The van der Waals surface area contributed by atoms with Gasteiger partial charge in [-0.05, 0) is 6.42 Å². The first-order valence-corrected chi connectivity index (χ1v) is 3.05. The van der Waals surface area contributed by atoms with E-state index in [9.17, 15) is 4.79 Å². The van der Waals surface area contributed by atoms with E-state index in [1.54, 1.807) is 7.11 Å². The van der Waals surface area contributed by atoms with Crippen molar-refractivity contribution in [3.63, 3.8) is 0 Å². The standard InChI is InChI=1S/C6H10NO2/c1-9-4-5-2-3-6(8)7-5/h5H,2-4H2,1H3. The van der Waals surface area contributed by atoms with Crippen molar-refractivity contribution in [1.82, 2.24) is 5.32 Å². The second-order valence-electron chi connectivity index (χ2n) is 2.17. The van der Waals surface area contributed by atoms with Gasteiger partial charge < -0.3 is 4.74 Å². The zero-order valence-corrected chi connectivity index (χ0v) is 5.46. The van der Waals surface area contributed by atoms with Gasteiger partial charge in [0.2, 0.25) is 5.91 Å². The smallest absolute Gasteiger partial charge is 0.241 e. The molecule has 1 radical (unpaired) electrons. The summed E-state index contributed by atoms with van der Waals surface area (Å²) in [7, 11) is 1.62. The zero-order valence-electron chi connectivity index (χ0n) is 5.46. The number of hydrogen-bond acceptors (Lipinski definition) is 2. The van der Waals surface area contributed by atoms with E-state index < -0.39 is 0 Å². The Hall–Kier alpha value is -0.570. The maximum atomic E-state index is 10.5. The van der Waals surface area contributed by atoms with Crippen molar-refractivity contribution in [2.45, 2.75) is 18.9 Å². The lowest BCUT2D eigenvalue weighted by Crippen LogP contribution is -2.22. The van der Waals surface area contributed by atoms with Crippen LogP contribution in [0.5, 0.6) is 0 Å². The summed E-state index contributed by atoms with van der Waals surface area (Å²) in [6.07, 6.45) is 1.47. The predicted octanol–water partition coefficient (Wildman–Crippen LogP) is -0.0738. The van der Waals surface area contributed by atoms with Crippen molar-refractivity contribution in [3.8, 4) is 0 Å². The van der Waals surface area contributed by atoms with Gasteiger partial charge in [0.1, 0.15) is 0 Å². The van der Waals surface area contributed by atoms with Crippen LogP contribution in [-0.2, 0) is 9.53 Å². The van der Waals surface area contributed by atoms with E-state index in [2.05, 4.69) is 5.32 Å². The molecule has 0 aromatic heterocycles. The minimum atomic E-state index is 0.0250. The number of amides is 1. The molecule has 0 aromatic rings. The number of ether oxygens (including phenoxy) is 1. The molecule has 1 saturated heterocycles. The minimum Gasteiger partial charge on any atom is -0.382 e. The van der Waals surface area contributed by atoms with E-state index in [4.69, 9.17) is 4.74 Å². The quantitative estimate of drug-likeness (QED) is 0.522. The van der Waals surface area contributed by atoms with E-state index in [0.717, 1.165) is 6.42 Å². The van der Waals surface area contributed by atoms with E-state index >= 15 is 0 Å². The number of methoxy groups -OCH3 is 1. The molecule has 1 aliphatic heterocycles. The molecule has 3 nitrogen and oxygen atoms in total. The van der Waals surface area contributed by atoms with E-state index in [1.165, 1.54) is 0 Å². The van der Waals surface area contributed by atoms with Crippen LogP contribution >= 0.6 is 0 Å². The zero-order chi connectivity index (χ0) is 6.69. The lowest BCUT2D eigenvalue weighted by molar-refractivity contribution is -0.119. The van der Waals surface area contributed by atoms with Crippen molar-refractivity contribution >= 4 is 5.91 Å². The Balaban J connectivity index is 2.22. The Bertz CT molecular complexity index is 114. The molecule has 0 spiro atoms. The number of hydrogen-bond donors (Lipinski definition) is 0. The molecule has 0 aliphatic carbocycles. The largest absolute Gasteiger partial charge is 0.382 e. The summed E-state index contributed by atoms with van der Waals surface area (Å²) in [6, 6.07) is 0.141. The SMILES string of the molecule is COCC1CCC(=O)[N]1. The van der Waals surface area contributed by atoms with Crippen LogP contribution in [0, 0.1) is 0 Å². The van der Waals surface area contributed by atoms with Gasteiger partial charge >= 0.3 is 0 Å². The summed E-state index contributed by atoms with van der Waals surface area (Å²) < 4.78 is 4.83. The average molecular weight is 128 g/mol. The molecule has 1 heterocycles. The van der Waals surface area contributed by atoms with Crippen LogP contribution in [0.25, 0.3) is 0 Å². The Morgan fingerprint density at radius 2 is 2.67 bits per heavy atom. The molecule has 0 bridgehead atoms. The van der Waals surface area contributed by atoms with Gasteiger partial charge in [0.25, 0.3) is 0 Å². The minimum absolute atomic E-state index is 0.0250. The maximum absolute atomic E-state index is 10.5. The monoisotopic (exact) mass is 128 g/mol. The molecule has 0 saturated carbocycles. The van der Waals surface area contributed by atoms with Gasteiger partial charge in [0.15, 0.2) is 0 Å². The third kappa shape index (κ3) is 1.68. The van der Waals surface area contributed by atoms with Gasteiger partial charge in [-0.2, -0.15) is 0 Å². The highest BCUT2D eigenvalue weighted by molar-refractivity contribution is 5.78. The van der Waals surface area contributed by atoms with Gasteiger partial charge in [0, 0.05) is 13.5 Å². The third-order valence-corrected chi connectivity index (χ3v) is 1.38. The fourth-order valence-electron chi connectivity index (χ4n) is 0.936. The first kappa shape index (κ1) is 6.55. The number of nitrogens with zero attached hydrogens (tertiary/aromatic N) is 1. The summed E-state index contributed by atoms with van der Waals surface area (Å²) in [5.41, 5.74) is 0. The topological polar surface area (TPSA) is 40.4 Å². The fourth-order valence-corrected chi connectivity index (χ4v) is 0.936. The van der Waals surface area contributed by atoms with Crippen LogP contribution in [0.1, 0.15) is 12.8 Å². The summed E-state index contributed by atoms with van der Waals surface area (Å²) in [5.74, 6) is 0.0250. The Kier molecular flexibility index (Phi) is 2.05. The molecular weight excluding hydrogens is 118 g/mol. The molecule has 0 N–H and O–H groups in total. The summed E-state index contributed by atoms with van der Waals surface area (Å²) in [6.45, 7) is 0.589. The van der Waals surface area contributed by atoms with Gasteiger partial charge in [-0.3, -0.25) is 4.79 Å². The van der Waals surface area contributed by atoms with Crippen molar-refractivity contribution in [1.29, 1.82) is 0 Å². The van der Waals surface area contributed by atoms with E-state index in [-0.39, 0.29) is 11.9 Å². The number of carbonyl (C=O) groups is 1. The predicted molar refractivity (Wildman–Crippen MR) is 32.0 cm³/mol. The molecule has 9 heavy (non-hydrogen) atoms. The highest BCUT2D eigenvalue weighted by atomic mass is 16.5. The Morgan fingerprint density at radius 1 is 1.89 bits per heavy atom. The second kappa shape index (κ2) is 2.82. The molecule has 3 heteroatoms. The molecule has 0 aromatic carbocycles. The van der Waals surface area contributed by atoms with Gasteiger partial charge in [0.05, 0.1) is 12.6 Å². The van der Waals surface area contributed by atoms with Crippen molar-refractivity contribution in [2.24, 2.45) is 0 Å². The molecule has 51 valence electrons. The molecule has 1 fully saturated rings. The van der Waals surface area contributed by atoms with Crippen LogP contribution in [0.4, 0.5) is 0 Å². The summed E-state index contributed by atoms with van der Waals surface area (Å²) >= 11 is 0. The van der Waals surface area contributed by atoms with Gasteiger partial charge in [-0.25, -0.2) is 5.32 Å². The lowest BCUT2D eigenvalue weighted by atomic mass is 10.2. The van der Waals surface area contributed by atoms with Crippen LogP contribution < -0.4 is 5.32 Å². The molecule has 1 atom stereocenters. The first-order chi connectivity index (χ1) is 4.33. The third-order valence-electron chi connectivity index (χ3n) is 1.38. The highest BCUT2D eigenvalue weighted by Gasteiger charge is 2.22. The van der Waals surface area contributed by atoms with Gasteiger partial charge in [-0.15, -0.1) is 0 Å². The normalized spacial score (nSPS) is 26.3.